The molecular formula is C32H29N5O3. The van der Waals surface area contributed by atoms with Crippen LogP contribution < -0.4 is 21.1 Å². The van der Waals surface area contributed by atoms with Crippen LogP contribution in [0.2, 0.25) is 0 Å². The number of hydrogen-bond donors (Lipinski definition) is 3. The number of aromatic nitrogens is 2. The van der Waals surface area contributed by atoms with Gasteiger partial charge in [-0.3, -0.25) is 9.59 Å². The molecular weight excluding hydrogens is 502 g/mol. The summed E-state index contributed by atoms with van der Waals surface area (Å²) in [6.07, 6.45) is 0.786. The van der Waals surface area contributed by atoms with Crippen LogP contribution in [-0.2, 0) is 19.5 Å². The van der Waals surface area contributed by atoms with Crippen molar-refractivity contribution in [3.8, 4) is 17.0 Å². The fraction of sp³-hybridized carbons (Fsp3) is 0.156. The van der Waals surface area contributed by atoms with Gasteiger partial charge in [-0.15, -0.1) is 0 Å². The first-order valence-electron chi connectivity index (χ1n) is 13.1. The number of anilines is 2. The molecule has 0 radical (unpaired) electrons. The van der Waals surface area contributed by atoms with E-state index in [1.165, 1.54) is 0 Å². The third-order valence-electron chi connectivity index (χ3n) is 7.46. The molecule has 8 nitrogen and oxygen atoms in total. The monoisotopic (exact) mass is 531 g/mol. The average Bonchev–Trinajstić information content (AvgIpc) is 3.23. The van der Waals surface area contributed by atoms with Gasteiger partial charge in [-0.1, -0.05) is 60.7 Å². The van der Waals surface area contributed by atoms with Gasteiger partial charge in [0.25, 0.3) is 11.8 Å². The highest BCUT2D eigenvalue weighted by atomic mass is 16.5. The van der Waals surface area contributed by atoms with Gasteiger partial charge >= 0.3 is 0 Å². The second kappa shape index (κ2) is 10.2. The van der Waals surface area contributed by atoms with E-state index in [9.17, 15) is 9.59 Å². The molecule has 1 aliphatic heterocycles. The fourth-order valence-corrected chi connectivity index (χ4v) is 5.36. The van der Waals surface area contributed by atoms with Crippen molar-refractivity contribution in [3.05, 3.63) is 107 Å². The lowest BCUT2D eigenvalue weighted by Crippen LogP contribution is -2.24. The summed E-state index contributed by atoms with van der Waals surface area (Å²) in [5, 5.41) is 13.0. The molecule has 0 unspecified atom stereocenters. The molecule has 0 fully saturated rings. The molecule has 40 heavy (non-hydrogen) atoms. The Morgan fingerprint density at radius 3 is 2.62 bits per heavy atom. The summed E-state index contributed by atoms with van der Waals surface area (Å²) in [5.41, 5.74) is 12.1. The second-order valence-corrected chi connectivity index (χ2v) is 9.88. The van der Waals surface area contributed by atoms with Crippen molar-refractivity contribution in [2.24, 2.45) is 5.73 Å². The number of carbonyl (C=O) groups excluding carboxylic acids is 2. The van der Waals surface area contributed by atoms with Crippen molar-refractivity contribution in [3.63, 3.8) is 0 Å². The summed E-state index contributed by atoms with van der Waals surface area (Å²) in [4.78, 5) is 25.9. The van der Waals surface area contributed by atoms with Gasteiger partial charge in [0.05, 0.1) is 12.7 Å². The summed E-state index contributed by atoms with van der Waals surface area (Å²) in [6, 6.07) is 25.3. The van der Waals surface area contributed by atoms with Crippen LogP contribution in [0.3, 0.4) is 0 Å². The van der Waals surface area contributed by atoms with E-state index in [1.54, 1.807) is 7.11 Å². The van der Waals surface area contributed by atoms with Crippen molar-refractivity contribution in [2.45, 2.75) is 26.4 Å². The van der Waals surface area contributed by atoms with Crippen LogP contribution in [-0.4, -0.2) is 28.7 Å². The predicted molar refractivity (Wildman–Crippen MR) is 156 cm³/mol. The SMILES string of the molecule is COc1ccc2ccccc2c1C(=O)NCc1ccc(-c2nn3c(c2C(N)=O)Nc2ccccc2CC3)cc1C. The normalized spacial score (nSPS) is 12.2. The number of methoxy groups -OCH3 is 1. The standard InChI is InChI=1S/C32H29N5O3/c1-19-17-22(29-28(30(33)38)31-35-25-10-6-4-8-21(25)15-16-37(31)36-29)11-12-23(19)18-34-32(39)27-24-9-5-3-7-20(24)13-14-26(27)40-2/h3-14,17,35H,15-16,18H2,1-2H3,(H2,33,38)(H,34,39). The molecule has 0 aliphatic carbocycles. The maximum Gasteiger partial charge on any atom is 0.255 e. The van der Waals surface area contributed by atoms with Crippen molar-refractivity contribution >= 4 is 34.1 Å². The molecule has 0 saturated carbocycles. The zero-order chi connectivity index (χ0) is 27.8. The Balaban J connectivity index is 1.28. The summed E-state index contributed by atoms with van der Waals surface area (Å²) < 4.78 is 7.31. The van der Waals surface area contributed by atoms with E-state index < -0.39 is 5.91 Å². The molecule has 8 heteroatoms. The van der Waals surface area contributed by atoms with E-state index >= 15 is 0 Å². The predicted octanol–water partition coefficient (Wildman–Crippen LogP) is 5.35. The average molecular weight is 532 g/mol. The van der Waals surface area contributed by atoms with Crippen molar-refractivity contribution < 1.29 is 14.3 Å². The molecule has 0 saturated heterocycles. The Morgan fingerprint density at radius 2 is 1.82 bits per heavy atom. The number of carbonyl (C=O) groups is 2. The van der Waals surface area contributed by atoms with Gasteiger partial charge < -0.3 is 21.1 Å². The lowest BCUT2D eigenvalue weighted by atomic mass is 10.00. The van der Waals surface area contributed by atoms with Crippen LogP contribution in [0.15, 0.2) is 78.9 Å². The number of fused-ring (bicyclic) bond motifs is 3. The van der Waals surface area contributed by atoms with Crippen LogP contribution in [0.4, 0.5) is 11.5 Å². The van der Waals surface area contributed by atoms with E-state index in [4.69, 9.17) is 15.6 Å². The molecule has 2 amide bonds. The number of hydrogen-bond acceptors (Lipinski definition) is 5. The maximum absolute atomic E-state index is 13.3. The lowest BCUT2D eigenvalue weighted by molar-refractivity contribution is 0.0948. The van der Waals surface area contributed by atoms with Gasteiger partial charge in [0.15, 0.2) is 0 Å². The van der Waals surface area contributed by atoms with Crippen LogP contribution in [0, 0.1) is 6.92 Å². The van der Waals surface area contributed by atoms with Gasteiger partial charge in [-0.25, -0.2) is 4.68 Å². The minimum atomic E-state index is -0.541. The zero-order valence-corrected chi connectivity index (χ0v) is 22.3. The largest absolute Gasteiger partial charge is 0.496 e. The molecule has 1 aromatic heterocycles. The molecule has 6 rings (SSSR count). The van der Waals surface area contributed by atoms with E-state index in [1.807, 2.05) is 84.4 Å². The number of aryl methyl sites for hydroxylation is 3. The van der Waals surface area contributed by atoms with Gasteiger partial charge in [0.2, 0.25) is 0 Å². The van der Waals surface area contributed by atoms with Crippen LogP contribution >= 0.6 is 0 Å². The molecule has 200 valence electrons. The maximum atomic E-state index is 13.3. The highest BCUT2D eigenvalue weighted by Gasteiger charge is 2.26. The van der Waals surface area contributed by atoms with E-state index in [2.05, 4.69) is 16.7 Å². The second-order valence-electron chi connectivity index (χ2n) is 9.88. The minimum Gasteiger partial charge on any atom is -0.496 e. The molecule has 2 heterocycles. The molecule has 0 atom stereocenters. The topological polar surface area (TPSA) is 111 Å². The molecule has 1 aliphatic rings. The highest BCUT2D eigenvalue weighted by molar-refractivity contribution is 6.09. The number of ether oxygens (including phenoxy) is 1. The Morgan fingerprint density at radius 1 is 1.02 bits per heavy atom. The fourth-order valence-electron chi connectivity index (χ4n) is 5.36. The number of rotatable bonds is 6. The minimum absolute atomic E-state index is 0.211. The van der Waals surface area contributed by atoms with E-state index in [0.717, 1.165) is 45.1 Å². The summed E-state index contributed by atoms with van der Waals surface area (Å²) in [5.74, 6) is 0.377. The molecule has 4 aromatic carbocycles. The van der Waals surface area contributed by atoms with Gasteiger partial charge in [0.1, 0.15) is 22.8 Å². The number of para-hydroxylation sites is 1. The number of nitrogens with zero attached hydrogens (tertiary/aromatic N) is 2. The van der Waals surface area contributed by atoms with Crippen molar-refractivity contribution in [1.82, 2.24) is 15.1 Å². The quantitative estimate of drug-likeness (QED) is 0.274. The van der Waals surface area contributed by atoms with Crippen LogP contribution in [0.5, 0.6) is 5.75 Å². The third-order valence-corrected chi connectivity index (χ3v) is 7.46. The first-order valence-corrected chi connectivity index (χ1v) is 13.1. The van der Waals surface area contributed by atoms with Crippen molar-refractivity contribution in [2.75, 3.05) is 12.4 Å². The molecule has 4 N–H and O–H groups in total. The van der Waals surface area contributed by atoms with E-state index in [-0.39, 0.29) is 5.91 Å². The number of primary amides is 1. The highest BCUT2D eigenvalue weighted by Crippen LogP contribution is 2.35. The molecule has 0 spiro atoms. The summed E-state index contributed by atoms with van der Waals surface area (Å²) in [6.45, 7) is 2.93. The first-order chi connectivity index (χ1) is 19.4. The number of benzene rings is 4. The number of nitrogens with one attached hydrogen (secondary N) is 2. The Labute approximate surface area is 231 Å². The lowest BCUT2D eigenvalue weighted by Gasteiger charge is -2.14. The van der Waals surface area contributed by atoms with Gasteiger partial charge in [0, 0.05) is 24.3 Å². The summed E-state index contributed by atoms with van der Waals surface area (Å²) in [7, 11) is 1.56. The number of amides is 2. The molecule has 0 bridgehead atoms. The Bertz CT molecular complexity index is 1790. The van der Waals surface area contributed by atoms with Gasteiger partial charge in [-0.2, -0.15) is 5.10 Å². The number of nitrogens with two attached hydrogens (primary N) is 1. The molecule has 5 aromatic rings. The Hall–Kier alpha value is -5.11. The van der Waals surface area contributed by atoms with Gasteiger partial charge in [-0.05, 0) is 59.0 Å². The van der Waals surface area contributed by atoms with E-state index in [0.29, 0.717) is 41.5 Å². The summed E-state index contributed by atoms with van der Waals surface area (Å²) >= 11 is 0. The third kappa shape index (κ3) is 4.43. The van der Waals surface area contributed by atoms with Crippen molar-refractivity contribution in [1.29, 1.82) is 0 Å². The zero-order valence-electron chi connectivity index (χ0n) is 22.3. The Kier molecular flexibility index (Phi) is 6.43. The smallest absolute Gasteiger partial charge is 0.255 e. The van der Waals surface area contributed by atoms with Crippen LogP contribution in [0.25, 0.3) is 22.0 Å². The first kappa shape index (κ1) is 25.2. The van der Waals surface area contributed by atoms with Crippen LogP contribution in [0.1, 0.15) is 37.4 Å².